The molecular weight excluding hydrogens is 242 g/mol. The van der Waals surface area contributed by atoms with Gasteiger partial charge >= 0.3 is 0 Å². The SMILES string of the molecule is Cc1ncoc1C(=O)N1CCCC2(CCCNC2)C1. The molecule has 1 amide bonds. The Kier molecular flexibility index (Phi) is 3.31. The zero-order valence-electron chi connectivity index (χ0n) is 11.4. The fraction of sp³-hybridized carbons (Fsp3) is 0.714. The van der Waals surface area contributed by atoms with Crippen LogP contribution in [-0.4, -0.2) is 42.0 Å². The van der Waals surface area contributed by atoms with Gasteiger partial charge in [0, 0.05) is 25.0 Å². The number of amides is 1. The van der Waals surface area contributed by atoms with E-state index in [0.717, 1.165) is 32.6 Å². The summed E-state index contributed by atoms with van der Waals surface area (Å²) < 4.78 is 5.24. The van der Waals surface area contributed by atoms with Crippen LogP contribution in [0, 0.1) is 12.3 Å². The first-order valence-corrected chi connectivity index (χ1v) is 7.10. The zero-order valence-corrected chi connectivity index (χ0v) is 11.4. The number of rotatable bonds is 1. The number of aryl methyl sites for hydroxylation is 1. The Bertz CT molecular complexity index is 458. The van der Waals surface area contributed by atoms with Crippen LogP contribution in [0.3, 0.4) is 0 Å². The number of carbonyl (C=O) groups excluding carboxylic acids is 1. The molecule has 1 aromatic heterocycles. The normalized spacial score (nSPS) is 27.7. The van der Waals surface area contributed by atoms with E-state index < -0.39 is 0 Å². The lowest BCUT2D eigenvalue weighted by Gasteiger charge is -2.45. The number of piperidine rings is 2. The van der Waals surface area contributed by atoms with Crippen LogP contribution in [0.2, 0.25) is 0 Å². The van der Waals surface area contributed by atoms with Gasteiger partial charge in [-0.1, -0.05) is 0 Å². The van der Waals surface area contributed by atoms with Gasteiger partial charge in [0.1, 0.15) is 0 Å². The second-order valence-corrected chi connectivity index (χ2v) is 5.88. The van der Waals surface area contributed by atoms with E-state index in [4.69, 9.17) is 4.42 Å². The number of aromatic nitrogens is 1. The first kappa shape index (κ1) is 12.7. The van der Waals surface area contributed by atoms with Gasteiger partial charge in [0.25, 0.3) is 5.91 Å². The maximum absolute atomic E-state index is 12.5. The first-order chi connectivity index (χ1) is 9.20. The van der Waals surface area contributed by atoms with Crippen LogP contribution in [0.5, 0.6) is 0 Å². The minimum absolute atomic E-state index is 0.000325. The Labute approximate surface area is 113 Å². The van der Waals surface area contributed by atoms with Crippen molar-refractivity contribution in [3.63, 3.8) is 0 Å². The van der Waals surface area contributed by atoms with Crippen LogP contribution in [0.4, 0.5) is 0 Å². The predicted octanol–water partition coefficient (Wildman–Crippen LogP) is 1.59. The van der Waals surface area contributed by atoms with Gasteiger partial charge in [-0.2, -0.15) is 0 Å². The van der Waals surface area contributed by atoms with E-state index in [9.17, 15) is 4.79 Å². The summed E-state index contributed by atoms with van der Waals surface area (Å²) in [6, 6.07) is 0. The van der Waals surface area contributed by atoms with Crippen LogP contribution >= 0.6 is 0 Å². The second-order valence-electron chi connectivity index (χ2n) is 5.88. The van der Waals surface area contributed by atoms with Gasteiger partial charge in [-0.3, -0.25) is 4.79 Å². The smallest absolute Gasteiger partial charge is 0.291 e. The maximum Gasteiger partial charge on any atom is 0.291 e. The highest BCUT2D eigenvalue weighted by Crippen LogP contribution is 2.36. The molecule has 2 fully saturated rings. The molecule has 1 spiro atoms. The summed E-state index contributed by atoms with van der Waals surface area (Å²) in [5.41, 5.74) is 0.964. The molecule has 1 unspecified atom stereocenters. The molecule has 2 saturated heterocycles. The Balaban J connectivity index is 1.74. The molecule has 0 aliphatic carbocycles. The summed E-state index contributed by atoms with van der Waals surface area (Å²) in [6.07, 6.45) is 6.09. The van der Waals surface area contributed by atoms with E-state index in [1.165, 1.54) is 25.7 Å². The van der Waals surface area contributed by atoms with Gasteiger partial charge in [0.15, 0.2) is 6.39 Å². The van der Waals surface area contributed by atoms with Crippen LogP contribution in [0.25, 0.3) is 0 Å². The molecule has 3 rings (SSSR count). The van der Waals surface area contributed by atoms with E-state index in [2.05, 4.69) is 10.3 Å². The summed E-state index contributed by atoms with van der Waals surface area (Å²) in [7, 11) is 0. The maximum atomic E-state index is 12.5. The monoisotopic (exact) mass is 263 g/mol. The van der Waals surface area contributed by atoms with Gasteiger partial charge in [-0.15, -0.1) is 0 Å². The van der Waals surface area contributed by atoms with Crippen molar-refractivity contribution in [1.82, 2.24) is 15.2 Å². The molecule has 0 saturated carbocycles. The van der Waals surface area contributed by atoms with Crippen molar-refractivity contribution in [3.8, 4) is 0 Å². The van der Waals surface area contributed by atoms with Crippen molar-refractivity contribution in [2.75, 3.05) is 26.2 Å². The van der Waals surface area contributed by atoms with Gasteiger partial charge in [0.05, 0.1) is 5.69 Å². The third kappa shape index (κ3) is 2.39. The molecule has 0 aromatic carbocycles. The molecule has 3 heterocycles. The molecule has 0 bridgehead atoms. The third-order valence-electron chi connectivity index (χ3n) is 4.45. The minimum atomic E-state index is -0.000325. The number of nitrogens with one attached hydrogen (secondary N) is 1. The predicted molar refractivity (Wildman–Crippen MR) is 70.9 cm³/mol. The van der Waals surface area contributed by atoms with Gasteiger partial charge in [-0.05, 0) is 39.2 Å². The van der Waals surface area contributed by atoms with Crippen molar-refractivity contribution >= 4 is 5.91 Å². The van der Waals surface area contributed by atoms with E-state index >= 15 is 0 Å². The zero-order chi connectivity index (χ0) is 13.3. The number of carbonyl (C=O) groups is 1. The Morgan fingerprint density at radius 2 is 2.32 bits per heavy atom. The minimum Gasteiger partial charge on any atom is -0.438 e. The van der Waals surface area contributed by atoms with E-state index in [1.807, 2.05) is 11.8 Å². The summed E-state index contributed by atoms with van der Waals surface area (Å²) in [4.78, 5) is 18.4. The highest BCUT2D eigenvalue weighted by molar-refractivity contribution is 5.92. The molecular formula is C14H21N3O2. The summed E-state index contributed by atoms with van der Waals surface area (Å²) >= 11 is 0. The number of hydrogen-bond donors (Lipinski definition) is 1. The first-order valence-electron chi connectivity index (χ1n) is 7.10. The number of nitrogens with zero attached hydrogens (tertiary/aromatic N) is 2. The van der Waals surface area contributed by atoms with Crippen molar-refractivity contribution in [2.45, 2.75) is 32.6 Å². The van der Waals surface area contributed by atoms with Crippen molar-refractivity contribution < 1.29 is 9.21 Å². The average molecular weight is 263 g/mol. The molecule has 1 aromatic rings. The van der Waals surface area contributed by atoms with Crippen LogP contribution in [0.15, 0.2) is 10.8 Å². The fourth-order valence-electron chi connectivity index (χ4n) is 3.41. The Morgan fingerprint density at radius 1 is 1.47 bits per heavy atom. The molecule has 2 aliphatic heterocycles. The molecule has 5 nitrogen and oxygen atoms in total. The summed E-state index contributed by atoms with van der Waals surface area (Å²) in [5.74, 6) is 0.403. The van der Waals surface area contributed by atoms with Gasteiger partial charge in [0.2, 0.25) is 5.76 Å². The number of hydrogen-bond acceptors (Lipinski definition) is 4. The topological polar surface area (TPSA) is 58.4 Å². The molecule has 104 valence electrons. The average Bonchev–Trinajstić information content (AvgIpc) is 2.85. The van der Waals surface area contributed by atoms with Gasteiger partial charge < -0.3 is 14.6 Å². The Morgan fingerprint density at radius 3 is 3.00 bits per heavy atom. The number of oxazole rings is 1. The summed E-state index contributed by atoms with van der Waals surface area (Å²) in [6.45, 7) is 5.64. The molecule has 0 radical (unpaired) electrons. The lowest BCUT2D eigenvalue weighted by molar-refractivity contribution is 0.0407. The van der Waals surface area contributed by atoms with Crippen molar-refractivity contribution in [3.05, 3.63) is 17.8 Å². The highest BCUT2D eigenvalue weighted by atomic mass is 16.3. The summed E-state index contributed by atoms with van der Waals surface area (Å²) in [5, 5.41) is 3.48. The highest BCUT2D eigenvalue weighted by Gasteiger charge is 2.38. The molecule has 19 heavy (non-hydrogen) atoms. The van der Waals surface area contributed by atoms with Crippen LogP contribution < -0.4 is 5.32 Å². The van der Waals surface area contributed by atoms with Gasteiger partial charge in [-0.25, -0.2) is 4.98 Å². The van der Waals surface area contributed by atoms with E-state index in [0.29, 0.717) is 11.5 Å². The molecule has 5 heteroatoms. The lowest BCUT2D eigenvalue weighted by atomic mass is 9.74. The standard InChI is InChI=1S/C14H21N3O2/c1-11-12(19-10-16-11)13(18)17-7-3-5-14(9-17)4-2-6-15-8-14/h10,15H,2-9H2,1H3. The molecule has 2 aliphatic rings. The molecule has 1 atom stereocenters. The van der Waals surface area contributed by atoms with Crippen LogP contribution in [0.1, 0.15) is 41.9 Å². The van der Waals surface area contributed by atoms with Crippen molar-refractivity contribution in [2.24, 2.45) is 5.41 Å². The van der Waals surface area contributed by atoms with E-state index in [-0.39, 0.29) is 11.3 Å². The largest absolute Gasteiger partial charge is 0.438 e. The third-order valence-corrected chi connectivity index (χ3v) is 4.45. The van der Waals surface area contributed by atoms with Crippen molar-refractivity contribution in [1.29, 1.82) is 0 Å². The second kappa shape index (κ2) is 4.96. The van der Waals surface area contributed by atoms with Crippen LogP contribution in [-0.2, 0) is 0 Å². The lowest BCUT2D eigenvalue weighted by Crippen LogP contribution is -2.52. The molecule has 1 N–H and O–H groups in total. The fourth-order valence-corrected chi connectivity index (χ4v) is 3.41. The quantitative estimate of drug-likeness (QED) is 0.836. The number of likely N-dealkylation sites (tertiary alicyclic amines) is 1. The van der Waals surface area contributed by atoms with E-state index in [1.54, 1.807) is 0 Å². The Hall–Kier alpha value is -1.36.